The highest BCUT2D eigenvalue weighted by atomic mass is 32.2. The molecule has 3 aliphatic rings. The number of hydrogen-bond donors (Lipinski definition) is 0. The Morgan fingerprint density at radius 3 is 1.45 bits per heavy atom. The SMILES string of the molecule is O=S(=O)(c1ccccc1)N1CCN(c2nc(N3CCCC3)nc(N3CCCC3)n2)CC1. The minimum atomic E-state index is -3.47. The fourth-order valence-corrected chi connectivity index (χ4v) is 5.92. The summed E-state index contributed by atoms with van der Waals surface area (Å²) in [6, 6.07) is 8.64. The molecule has 10 heteroatoms. The van der Waals surface area contributed by atoms with Gasteiger partial charge in [-0.2, -0.15) is 19.3 Å². The Labute approximate surface area is 183 Å². The number of sulfonamides is 1. The summed E-state index contributed by atoms with van der Waals surface area (Å²) in [7, 11) is -3.47. The molecule has 2 aromatic rings. The van der Waals surface area contributed by atoms with E-state index in [1.807, 2.05) is 6.07 Å². The Morgan fingerprint density at radius 1 is 0.581 bits per heavy atom. The number of aromatic nitrogens is 3. The molecule has 5 rings (SSSR count). The Bertz CT molecular complexity index is 963. The number of nitrogens with zero attached hydrogens (tertiary/aromatic N) is 7. The molecule has 3 fully saturated rings. The highest BCUT2D eigenvalue weighted by Crippen LogP contribution is 2.25. The zero-order valence-corrected chi connectivity index (χ0v) is 18.5. The minimum Gasteiger partial charge on any atom is -0.341 e. The van der Waals surface area contributed by atoms with Crippen molar-refractivity contribution in [1.82, 2.24) is 19.3 Å². The fraction of sp³-hybridized carbons (Fsp3) is 0.571. The number of piperazine rings is 1. The third-order valence-corrected chi connectivity index (χ3v) is 8.19. The second kappa shape index (κ2) is 8.58. The van der Waals surface area contributed by atoms with Crippen molar-refractivity contribution in [3.63, 3.8) is 0 Å². The lowest BCUT2D eigenvalue weighted by atomic mass is 10.4. The third-order valence-electron chi connectivity index (χ3n) is 6.28. The van der Waals surface area contributed by atoms with Gasteiger partial charge in [-0.3, -0.25) is 0 Å². The molecule has 3 saturated heterocycles. The lowest BCUT2D eigenvalue weighted by Gasteiger charge is -2.34. The standard InChI is InChI=1S/C21H29N7O2S/c29-31(30,18-8-2-1-3-9-18)28-16-14-27(15-17-28)21-23-19(25-10-4-5-11-25)22-20(24-21)26-12-6-7-13-26/h1-3,8-9H,4-7,10-17H2. The summed E-state index contributed by atoms with van der Waals surface area (Å²) in [5.41, 5.74) is 0. The monoisotopic (exact) mass is 443 g/mol. The van der Waals surface area contributed by atoms with Crippen LogP contribution in [0.25, 0.3) is 0 Å². The van der Waals surface area contributed by atoms with Crippen molar-refractivity contribution in [3.8, 4) is 0 Å². The van der Waals surface area contributed by atoms with Crippen LogP contribution in [0, 0.1) is 0 Å². The number of anilines is 3. The van der Waals surface area contributed by atoms with Crippen molar-refractivity contribution >= 4 is 27.9 Å². The largest absolute Gasteiger partial charge is 0.341 e. The Hall–Kier alpha value is -2.46. The second-order valence-corrected chi connectivity index (χ2v) is 10.3. The Kier molecular flexibility index (Phi) is 5.66. The molecule has 31 heavy (non-hydrogen) atoms. The molecule has 1 aromatic carbocycles. The first-order valence-corrected chi connectivity index (χ1v) is 12.6. The van der Waals surface area contributed by atoms with Crippen LogP contribution >= 0.6 is 0 Å². The van der Waals surface area contributed by atoms with Crippen LogP contribution in [0.2, 0.25) is 0 Å². The molecule has 0 unspecified atom stereocenters. The molecule has 0 N–H and O–H groups in total. The lowest BCUT2D eigenvalue weighted by molar-refractivity contribution is 0.382. The average molecular weight is 444 g/mol. The normalized spacial score (nSPS) is 20.6. The number of hydrogen-bond acceptors (Lipinski definition) is 8. The van der Waals surface area contributed by atoms with Crippen LogP contribution in [0.5, 0.6) is 0 Å². The third kappa shape index (κ3) is 4.18. The average Bonchev–Trinajstić information content (AvgIpc) is 3.54. The van der Waals surface area contributed by atoms with Gasteiger partial charge in [0.1, 0.15) is 0 Å². The minimum absolute atomic E-state index is 0.344. The van der Waals surface area contributed by atoms with Crippen LogP contribution in [0.4, 0.5) is 17.8 Å². The molecule has 0 atom stereocenters. The van der Waals surface area contributed by atoms with Gasteiger partial charge in [0.25, 0.3) is 0 Å². The summed E-state index contributed by atoms with van der Waals surface area (Å²) < 4.78 is 27.4. The zero-order chi connectivity index (χ0) is 21.3. The van der Waals surface area contributed by atoms with Gasteiger partial charge in [-0.25, -0.2) is 8.42 Å². The van der Waals surface area contributed by atoms with Crippen molar-refractivity contribution in [3.05, 3.63) is 30.3 Å². The van der Waals surface area contributed by atoms with E-state index in [-0.39, 0.29) is 0 Å². The quantitative estimate of drug-likeness (QED) is 0.689. The summed E-state index contributed by atoms with van der Waals surface area (Å²) >= 11 is 0. The molecule has 0 spiro atoms. The lowest BCUT2D eigenvalue weighted by Crippen LogP contribution is -2.49. The van der Waals surface area contributed by atoms with E-state index in [4.69, 9.17) is 15.0 Å². The Morgan fingerprint density at radius 2 is 1.00 bits per heavy atom. The molecular formula is C21H29N7O2S. The van der Waals surface area contributed by atoms with E-state index in [0.717, 1.165) is 63.8 Å². The van der Waals surface area contributed by atoms with Crippen molar-refractivity contribution in [1.29, 1.82) is 0 Å². The van der Waals surface area contributed by atoms with Crippen molar-refractivity contribution in [2.75, 3.05) is 67.1 Å². The van der Waals surface area contributed by atoms with E-state index in [2.05, 4.69) is 14.7 Å². The molecule has 3 aliphatic heterocycles. The van der Waals surface area contributed by atoms with E-state index in [0.29, 0.717) is 37.0 Å². The first kappa shape index (κ1) is 20.4. The van der Waals surface area contributed by atoms with E-state index >= 15 is 0 Å². The predicted octanol–water partition coefficient (Wildman–Crippen LogP) is 1.58. The first-order chi connectivity index (χ1) is 15.1. The molecule has 166 valence electrons. The summed E-state index contributed by atoms with van der Waals surface area (Å²) in [6.45, 7) is 5.88. The van der Waals surface area contributed by atoms with Gasteiger partial charge < -0.3 is 14.7 Å². The predicted molar refractivity (Wildman–Crippen MR) is 120 cm³/mol. The van der Waals surface area contributed by atoms with Crippen molar-refractivity contribution in [2.24, 2.45) is 0 Å². The van der Waals surface area contributed by atoms with Gasteiger partial charge in [0.15, 0.2) is 0 Å². The molecule has 0 bridgehead atoms. The highest BCUT2D eigenvalue weighted by Gasteiger charge is 2.30. The molecule has 0 radical (unpaired) electrons. The molecule has 4 heterocycles. The van der Waals surface area contributed by atoms with Crippen LogP contribution in [0.15, 0.2) is 35.2 Å². The zero-order valence-electron chi connectivity index (χ0n) is 17.7. The molecule has 0 saturated carbocycles. The van der Waals surface area contributed by atoms with Crippen LogP contribution in [-0.4, -0.2) is 80.0 Å². The maximum Gasteiger partial charge on any atom is 0.243 e. The molecule has 9 nitrogen and oxygen atoms in total. The second-order valence-electron chi connectivity index (χ2n) is 8.33. The summed E-state index contributed by atoms with van der Waals surface area (Å²) in [4.78, 5) is 21.3. The van der Waals surface area contributed by atoms with Crippen LogP contribution in [0.3, 0.4) is 0 Å². The first-order valence-electron chi connectivity index (χ1n) is 11.2. The van der Waals surface area contributed by atoms with E-state index in [9.17, 15) is 8.42 Å². The smallest absolute Gasteiger partial charge is 0.243 e. The molecular weight excluding hydrogens is 414 g/mol. The van der Waals surface area contributed by atoms with Gasteiger partial charge in [0.05, 0.1) is 4.90 Å². The topological polar surface area (TPSA) is 85.8 Å². The highest BCUT2D eigenvalue weighted by molar-refractivity contribution is 7.89. The van der Waals surface area contributed by atoms with Gasteiger partial charge in [0.2, 0.25) is 27.9 Å². The van der Waals surface area contributed by atoms with Gasteiger partial charge in [-0.1, -0.05) is 18.2 Å². The van der Waals surface area contributed by atoms with Crippen molar-refractivity contribution in [2.45, 2.75) is 30.6 Å². The maximum atomic E-state index is 12.9. The van der Waals surface area contributed by atoms with Crippen molar-refractivity contribution < 1.29 is 8.42 Å². The van der Waals surface area contributed by atoms with Gasteiger partial charge in [-0.05, 0) is 37.8 Å². The van der Waals surface area contributed by atoms with Gasteiger partial charge in [-0.15, -0.1) is 0 Å². The van der Waals surface area contributed by atoms with E-state index in [1.54, 1.807) is 28.6 Å². The molecule has 0 aliphatic carbocycles. The van der Waals surface area contributed by atoms with Gasteiger partial charge >= 0.3 is 0 Å². The molecule has 0 amide bonds. The van der Waals surface area contributed by atoms with E-state index in [1.165, 1.54) is 0 Å². The fourth-order valence-electron chi connectivity index (χ4n) is 4.47. The van der Waals surface area contributed by atoms with E-state index < -0.39 is 10.0 Å². The number of benzene rings is 1. The van der Waals surface area contributed by atoms with Crippen LogP contribution in [-0.2, 0) is 10.0 Å². The maximum absolute atomic E-state index is 12.9. The number of rotatable bonds is 5. The summed E-state index contributed by atoms with van der Waals surface area (Å²) in [5, 5.41) is 0. The molecule has 1 aromatic heterocycles. The van der Waals surface area contributed by atoms with Crippen LogP contribution < -0.4 is 14.7 Å². The van der Waals surface area contributed by atoms with Gasteiger partial charge in [0, 0.05) is 52.4 Å². The summed E-state index contributed by atoms with van der Waals surface area (Å²) in [6.07, 6.45) is 4.65. The Balaban J connectivity index is 1.35. The summed E-state index contributed by atoms with van der Waals surface area (Å²) in [5.74, 6) is 2.17. The van der Waals surface area contributed by atoms with Crippen LogP contribution in [0.1, 0.15) is 25.7 Å².